The molecule has 0 radical (unpaired) electrons. The molecule has 0 aromatic heterocycles. The fourth-order valence-electron chi connectivity index (χ4n) is 6.75. The highest BCUT2D eigenvalue weighted by molar-refractivity contribution is 6.33. The Morgan fingerprint density at radius 2 is 0.395 bits per heavy atom. The van der Waals surface area contributed by atoms with Crippen molar-refractivity contribution in [3.05, 3.63) is 170 Å². The molecule has 204 valence electrons. The summed E-state index contributed by atoms with van der Waals surface area (Å²) in [6.07, 6.45) is 0. The molecule has 0 aliphatic carbocycles. The van der Waals surface area contributed by atoms with Crippen molar-refractivity contribution in [2.24, 2.45) is 0 Å². The highest BCUT2D eigenvalue weighted by atomic mass is 28.1. The van der Waals surface area contributed by atoms with Crippen LogP contribution < -0.4 is 0 Å². The molecule has 0 bridgehead atoms. The maximum Gasteiger partial charge on any atom is -0.000139 e. The first-order chi connectivity index (χ1) is 20.9. The van der Waals surface area contributed by atoms with Crippen LogP contribution in [0.2, 0.25) is 0 Å². The Morgan fingerprint density at radius 1 is 0.209 bits per heavy atom. The van der Waals surface area contributed by atoms with E-state index in [0.29, 0.717) is 0 Å². The smallest absolute Gasteiger partial charge is 0.000139 e. The third kappa shape index (κ3) is 4.37. The van der Waals surface area contributed by atoms with Gasteiger partial charge < -0.3 is 0 Å². The summed E-state index contributed by atoms with van der Waals surface area (Å²) in [5, 5.41) is 7.65. The molecule has 0 saturated heterocycles. The van der Waals surface area contributed by atoms with Crippen LogP contribution in [0, 0.1) is 0 Å². The highest BCUT2D eigenvalue weighted by Crippen LogP contribution is 2.53. The Labute approximate surface area is 256 Å². The van der Waals surface area contributed by atoms with Gasteiger partial charge in [-0.15, -0.1) is 0 Å². The van der Waals surface area contributed by atoms with Crippen LogP contribution in [0.5, 0.6) is 0 Å². The molecule has 8 rings (SSSR count). The maximum absolute atomic E-state index is 2.30. The number of fused-ring (bicyclic) bond motifs is 3. The fourth-order valence-corrected chi connectivity index (χ4v) is 6.75. The zero-order valence-corrected chi connectivity index (χ0v) is 23.2. The largest absolute Gasteiger partial charge is 0.0622 e. The van der Waals surface area contributed by atoms with Gasteiger partial charge in [0.2, 0.25) is 0 Å². The monoisotopic (exact) mass is 564 g/mol. The third-order valence-corrected chi connectivity index (χ3v) is 8.43. The molecule has 0 amide bonds. The van der Waals surface area contributed by atoms with E-state index in [1.54, 1.807) is 0 Å². The molecular weight excluding hydrogens is 533 g/mol. The SMILES string of the molecule is [SiH4].c1ccc(-c2c3ccccc3c(-c3ccccc3)c3c(-c4ccccc4)c4ccccc4c(-c4ccccc4)c23)cc1. The Bertz CT molecular complexity index is 1880. The molecule has 0 nitrogen and oxygen atoms in total. The van der Waals surface area contributed by atoms with E-state index in [-0.39, 0.29) is 11.0 Å². The van der Waals surface area contributed by atoms with E-state index in [1.165, 1.54) is 76.8 Å². The van der Waals surface area contributed by atoms with Crippen LogP contribution in [0.25, 0.3) is 76.8 Å². The first kappa shape index (κ1) is 26.6. The van der Waals surface area contributed by atoms with E-state index in [0.717, 1.165) is 0 Å². The van der Waals surface area contributed by atoms with Gasteiger partial charge in [-0.05, 0) is 87.8 Å². The minimum absolute atomic E-state index is 0. The van der Waals surface area contributed by atoms with Crippen molar-refractivity contribution in [2.45, 2.75) is 0 Å². The van der Waals surface area contributed by atoms with Crippen molar-refractivity contribution in [3.63, 3.8) is 0 Å². The molecule has 0 N–H and O–H groups in total. The second kappa shape index (κ2) is 11.2. The molecule has 0 spiro atoms. The van der Waals surface area contributed by atoms with Crippen molar-refractivity contribution < 1.29 is 0 Å². The van der Waals surface area contributed by atoms with Crippen molar-refractivity contribution in [1.29, 1.82) is 0 Å². The Morgan fingerprint density at radius 3 is 0.605 bits per heavy atom. The van der Waals surface area contributed by atoms with Crippen LogP contribution in [-0.2, 0) is 0 Å². The van der Waals surface area contributed by atoms with Crippen LogP contribution in [-0.4, -0.2) is 11.0 Å². The minimum atomic E-state index is 0. The molecule has 0 unspecified atom stereocenters. The summed E-state index contributed by atoms with van der Waals surface area (Å²) < 4.78 is 0. The molecule has 0 atom stereocenters. The maximum atomic E-state index is 2.30. The van der Waals surface area contributed by atoms with Crippen molar-refractivity contribution in [1.82, 2.24) is 0 Å². The van der Waals surface area contributed by atoms with E-state index in [4.69, 9.17) is 0 Å². The van der Waals surface area contributed by atoms with Crippen molar-refractivity contribution in [3.8, 4) is 44.5 Å². The molecule has 1 heteroatoms. The molecule has 0 aliphatic rings. The Kier molecular flexibility index (Phi) is 6.94. The third-order valence-electron chi connectivity index (χ3n) is 8.43. The summed E-state index contributed by atoms with van der Waals surface area (Å²) in [5.74, 6) is 0. The predicted molar refractivity (Wildman–Crippen MR) is 192 cm³/mol. The van der Waals surface area contributed by atoms with Crippen LogP contribution in [0.4, 0.5) is 0 Å². The van der Waals surface area contributed by atoms with Crippen molar-refractivity contribution in [2.75, 3.05) is 0 Å². The highest BCUT2D eigenvalue weighted by Gasteiger charge is 2.25. The fraction of sp³-hybridized carbons (Fsp3) is 0. The van der Waals surface area contributed by atoms with Crippen LogP contribution >= 0.6 is 0 Å². The second-order valence-corrected chi connectivity index (χ2v) is 10.8. The predicted octanol–water partition coefficient (Wildman–Crippen LogP) is 10.4. The zero-order chi connectivity index (χ0) is 27.9. The Hall–Kier alpha value is -5.24. The summed E-state index contributed by atoms with van der Waals surface area (Å²) in [6.45, 7) is 0. The van der Waals surface area contributed by atoms with Crippen LogP contribution in [0.3, 0.4) is 0 Å². The van der Waals surface area contributed by atoms with Crippen molar-refractivity contribution >= 4 is 43.3 Å². The summed E-state index contributed by atoms with van der Waals surface area (Å²) in [5.41, 5.74) is 10.0. The molecular formula is C42H32Si. The number of hydrogen-bond donors (Lipinski definition) is 0. The van der Waals surface area contributed by atoms with Gasteiger partial charge in [0.25, 0.3) is 0 Å². The molecule has 0 fully saturated rings. The van der Waals surface area contributed by atoms with Gasteiger partial charge in [0, 0.05) is 0 Å². The standard InChI is InChI=1S/C42H28.H4Si/c1-5-17-29(18-6-1)37-33-25-13-14-26-34(33)39(31-21-9-3-10-22-31)42-40(32-23-11-4-12-24-32)36-28-16-15-27-35(36)38(41(37)42)30-19-7-2-8-20-30;/h1-28H;1H4. The van der Waals surface area contributed by atoms with Gasteiger partial charge in [-0.25, -0.2) is 0 Å². The van der Waals surface area contributed by atoms with E-state index in [9.17, 15) is 0 Å². The summed E-state index contributed by atoms with van der Waals surface area (Å²) in [4.78, 5) is 0. The van der Waals surface area contributed by atoms with Gasteiger partial charge in [0.15, 0.2) is 0 Å². The number of hydrogen-bond acceptors (Lipinski definition) is 0. The first-order valence-electron chi connectivity index (χ1n) is 14.5. The van der Waals surface area contributed by atoms with Crippen LogP contribution in [0.1, 0.15) is 0 Å². The van der Waals surface area contributed by atoms with Gasteiger partial charge in [0.05, 0.1) is 0 Å². The second-order valence-electron chi connectivity index (χ2n) is 10.8. The normalized spacial score (nSPS) is 11.1. The van der Waals surface area contributed by atoms with E-state index < -0.39 is 0 Å². The van der Waals surface area contributed by atoms with E-state index in [2.05, 4.69) is 170 Å². The molecule has 0 heterocycles. The number of rotatable bonds is 4. The first-order valence-corrected chi connectivity index (χ1v) is 14.5. The minimum Gasteiger partial charge on any atom is -0.0622 e. The molecule has 8 aromatic carbocycles. The van der Waals surface area contributed by atoms with Gasteiger partial charge in [-0.2, -0.15) is 0 Å². The number of benzene rings is 8. The molecule has 8 aromatic rings. The topological polar surface area (TPSA) is 0 Å². The lowest BCUT2D eigenvalue weighted by molar-refractivity contribution is 1.63. The lowest BCUT2D eigenvalue weighted by Gasteiger charge is -2.25. The summed E-state index contributed by atoms with van der Waals surface area (Å²) in [7, 11) is 0. The molecule has 0 saturated carbocycles. The van der Waals surface area contributed by atoms with Gasteiger partial charge >= 0.3 is 0 Å². The van der Waals surface area contributed by atoms with Gasteiger partial charge in [-0.3, -0.25) is 0 Å². The van der Waals surface area contributed by atoms with E-state index in [1.807, 2.05) is 0 Å². The lowest BCUT2D eigenvalue weighted by atomic mass is 9.77. The van der Waals surface area contributed by atoms with E-state index >= 15 is 0 Å². The molecule has 43 heavy (non-hydrogen) atoms. The van der Waals surface area contributed by atoms with Gasteiger partial charge in [-0.1, -0.05) is 170 Å². The van der Waals surface area contributed by atoms with Gasteiger partial charge in [0.1, 0.15) is 0 Å². The quantitative estimate of drug-likeness (QED) is 0.147. The average Bonchev–Trinajstić information content (AvgIpc) is 3.07. The average molecular weight is 565 g/mol. The summed E-state index contributed by atoms with van der Waals surface area (Å²) in [6, 6.07) is 61.7. The van der Waals surface area contributed by atoms with Crippen LogP contribution in [0.15, 0.2) is 170 Å². The molecule has 0 aliphatic heterocycles. The Balaban J connectivity index is 0.00000300. The lowest BCUT2D eigenvalue weighted by Crippen LogP contribution is -1.97. The summed E-state index contributed by atoms with van der Waals surface area (Å²) >= 11 is 0. The zero-order valence-electron chi connectivity index (χ0n) is 23.2.